The van der Waals surface area contributed by atoms with Crippen molar-refractivity contribution in [2.75, 3.05) is 20.3 Å². The number of phenols is 2. The number of allylic oxidation sites excluding steroid dienone is 1. The van der Waals surface area contributed by atoms with Crippen LogP contribution in [0.15, 0.2) is 55.1 Å². The zero-order valence-electron chi connectivity index (χ0n) is 39.2. The van der Waals surface area contributed by atoms with E-state index in [9.17, 15) is 45.0 Å². The van der Waals surface area contributed by atoms with Crippen molar-refractivity contribution < 1.29 is 59.2 Å². The molecule has 0 aromatic heterocycles. The highest BCUT2D eigenvalue weighted by Gasteiger charge is 2.17. The number of aliphatic hydroxyl groups excluding tert-OH is 4. The highest BCUT2D eigenvalue weighted by molar-refractivity contribution is 6.12. The molecule has 362 valence electrons. The van der Waals surface area contributed by atoms with Gasteiger partial charge in [0, 0.05) is 39.2 Å². The number of para-hydroxylation sites is 1. The number of methoxy groups -OCH3 is 1. The van der Waals surface area contributed by atoms with Crippen molar-refractivity contribution in [1.82, 2.24) is 0 Å². The van der Waals surface area contributed by atoms with E-state index in [1.807, 2.05) is 6.08 Å². The molecule has 4 atom stereocenters. The van der Waals surface area contributed by atoms with Gasteiger partial charge >= 0.3 is 11.9 Å². The van der Waals surface area contributed by atoms with Gasteiger partial charge in [-0.25, -0.2) is 0 Å². The molecule has 0 amide bonds. The average molecular weight is 899 g/mol. The molecule has 0 bridgehead atoms. The minimum atomic E-state index is -0.775. The van der Waals surface area contributed by atoms with Gasteiger partial charge in [-0.15, -0.1) is 18.9 Å². The van der Waals surface area contributed by atoms with Gasteiger partial charge in [-0.2, -0.15) is 0 Å². The van der Waals surface area contributed by atoms with Crippen LogP contribution in [0.25, 0.3) is 0 Å². The third-order valence-electron chi connectivity index (χ3n) is 10.4. The second-order valence-corrected chi connectivity index (χ2v) is 16.4. The number of benzene rings is 2. The monoisotopic (exact) mass is 899 g/mol. The summed E-state index contributed by atoms with van der Waals surface area (Å²) >= 11 is 0. The first-order valence-electron chi connectivity index (χ1n) is 23.5. The van der Waals surface area contributed by atoms with Gasteiger partial charge in [0.1, 0.15) is 30.5 Å². The van der Waals surface area contributed by atoms with E-state index in [4.69, 9.17) is 20.6 Å². The standard InChI is InChI=1S/C19H36O4.C19H34O4.C14H12O4/c2*1-3-4-5-6-7-8-9-10-11-12-13-14-18(21)15-19(22)16-23-17(2)20;1-18-9-6-7-11(13(16)8-9)14(17)10-4-2-3-5-12(10)15/h3,18-19,21-22H,1,4-16H2,2H3;1,18-19,21-22H,4-16H2,2H3;2-8,15-16H,1H3. The number of carbonyl (C=O) groups is 3. The van der Waals surface area contributed by atoms with Crippen LogP contribution in [-0.4, -0.2) is 93.1 Å². The minimum absolute atomic E-state index is 0.0286. The Kier molecular flexibility index (Phi) is 37.4. The number of aliphatic hydroxyl groups is 4. The number of hydrogen-bond acceptors (Lipinski definition) is 12. The topological polar surface area (TPSA) is 200 Å². The number of aromatic hydroxyl groups is 2. The number of carbonyl (C=O) groups excluding carboxylic acids is 3. The first-order valence-corrected chi connectivity index (χ1v) is 23.5. The number of terminal acetylenes is 1. The van der Waals surface area contributed by atoms with Gasteiger partial charge in [0.2, 0.25) is 0 Å². The van der Waals surface area contributed by atoms with Crippen LogP contribution in [0.4, 0.5) is 0 Å². The van der Waals surface area contributed by atoms with Crippen LogP contribution in [0.2, 0.25) is 0 Å². The molecule has 0 aliphatic heterocycles. The zero-order valence-corrected chi connectivity index (χ0v) is 39.2. The summed E-state index contributed by atoms with van der Waals surface area (Å²) in [5.41, 5.74) is 0.273. The summed E-state index contributed by atoms with van der Waals surface area (Å²) in [5.74, 6) is 1.59. The Morgan fingerprint density at radius 2 is 1.03 bits per heavy atom. The smallest absolute Gasteiger partial charge is 0.302 e. The van der Waals surface area contributed by atoms with E-state index in [0.717, 1.165) is 44.9 Å². The largest absolute Gasteiger partial charge is 0.507 e. The molecule has 0 radical (unpaired) electrons. The van der Waals surface area contributed by atoms with E-state index in [1.54, 1.807) is 18.2 Å². The van der Waals surface area contributed by atoms with Crippen molar-refractivity contribution >= 4 is 17.7 Å². The van der Waals surface area contributed by atoms with Gasteiger partial charge in [-0.3, -0.25) is 14.4 Å². The second kappa shape index (κ2) is 40.1. The first-order chi connectivity index (χ1) is 30.7. The number of ketones is 1. The van der Waals surface area contributed by atoms with Gasteiger partial charge in [0.05, 0.1) is 42.7 Å². The molecule has 0 saturated carbocycles. The summed E-state index contributed by atoms with van der Waals surface area (Å²) in [7, 11) is 1.47. The van der Waals surface area contributed by atoms with Crippen molar-refractivity contribution in [3.8, 4) is 29.6 Å². The van der Waals surface area contributed by atoms with Gasteiger partial charge in [-0.1, -0.05) is 121 Å². The van der Waals surface area contributed by atoms with Crippen LogP contribution in [0.3, 0.4) is 0 Å². The van der Waals surface area contributed by atoms with Crippen LogP contribution in [-0.2, 0) is 19.1 Å². The maximum atomic E-state index is 12.1. The Balaban J connectivity index is 0.000000936. The van der Waals surface area contributed by atoms with Crippen molar-refractivity contribution in [2.45, 2.75) is 192 Å². The lowest BCUT2D eigenvalue weighted by molar-refractivity contribution is -0.145. The Bertz CT molecular complexity index is 1550. The first kappa shape index (κ1) is 59.6. The van der Waals surface area contributed by atoms with E-state index in [1.165, 1.54) is 129 Å². The SMILES string of the molecule is C#CCCCCCCCCCCCC(O)CC(O)COC(C)=O.C=CCCCCCCCCCCCC(O)CC(O)COC(C)=O.COc1ccc(C(=O)c2ccccc2O)c(O)c1. The molecule has 2 aromatic carbocycles. The molecule has 0 fully saturated rings. The molecule has 12 nitrogen and oxygen atoms in total. The summed E-state index contributed by atoms with van der Waals surface area (Å²) in [6.45, 7) is 6.28. The predicted octanol–water partition coefficient (Wildman–Crippen LogP) is 10.1. The van der Waals surface area contributed by atoms with Crippen LogP contribution in [0.1, 0.15) is 184 Å². The van der Waals surface area contributed by atoms with Crippen molar-refractivity contribution in [2.24, 2.45) is 0 Å². The molecule has 12 heteroatoms. The molecule has 4 unspecified atom stereocenters. The van der Waals surface area contributed by atoms with E-state index in [2.05, 4.69) is 12.5 Å². The Morgan fingerprint density at radius 1 is 0.609 bits per heavy atom. The second-order valence-electron chi connectivity index (χ2n) is 16.4. The molecule has 0 spiro atoms. The Morgan fingerprint density at radius 3 is 1.44 bits per heavy atom. The molecule has 0 saturated heterocycles. The van der Waals surface area contributed by atoms with E-state index in [0.29, 0.717) is 18.6 Å². The fourth-order valence-corrected chi connectivity index (χ4v) is 6.82. The van der Waals surface area contributed by atoms with Crippen LogP contribution in [0, 0.1) is 12.3 Å². The highest BCUT2D eigenvalue weighted by Crippen LogP contribution is 2.28. The van der Waals surface area contributed by atoms with Crippen LogP contribution < -0.4 is 4.74 Å². The number of ether oxygens (including phenoxy) is 3. The predicted molar refractivity (Wildman–Crippen MR) is 253 cm³/mol. The molecule has 64 heavy (non-hydrogen) atoms. The van der Waals surface area contributed by atoms with E-state index >= 15 is 0 Å². The molecule has 0 heterocycles. The molecule has 2 rings (SSSR count). The van der Waals surface area contributed by atoms with Crippen molar-refractivity contribution in [3.63, 3.8) is 0 Å². The lowest BCUT2D eigenvalue weighted by Crippen LogP contribution is -2.23. The lowest BCUT2D eigenvalue weighted by atomic mass is 10.0. The van der Waals surface area contributed by atoms with Gasteiger partial charge in [0.15, 0.2) is 5.78 Å². The normalized spacial score (nSPS) is 12.5. The zero-order chi connectivity index (χ0) is 47.8. The summed E-state index contributed by atoms with van der Waals surface area (Å²) in [4.78, 5) is 33.4. The number of unbranched alkanes of at least 4 members (excludes halogenated alkanes) is 18. The van der Waals surface area contributed by atoms with Gasteiger partial charge in [-0.05, 0) is 56.4 Å². The molecular weight excluding hydrogens is 817 g/mol. The van der Waals surface area contributed by atoms with Gasteiger partial charge in [0.25, 0.3) is 0 Å². The minimum Gasteiger partial charge on any atom is -0.507 e. The lowest BCUT2D eigenvalue weighted by Gasteiger charge is -2.15. The quantitative estimate of drug-likeness (QED) is 0.0128. The van der Waals surface area contributed by atoms with Crippen LogP contribution in [0.5, 0.6) is 17.2 Å². The summed E-state index contributed by atoms with van der Waals surface area (Å²) < 4.78 is 14.4. The summed E-state index contributed by atoms with van der Waals surface area (Å²) in [5, 5.41) is 58.2. The molecule has 0 aliphatic carbocycles. The fraction of sp³-hybridized carbons (Fsp3) is 0.635. The number of phenolic OH excluding ortho intramolecular Hbond substituents is 2. The van der Waals surface area contributed by atoms with E-state index in [-0.39, 0.29) is 48.7 Å². The Hall–Kier alpha value is -4.41. The van der Waals surface area contributed by atoms with E-state index < -0.39 is 42.1 Å². The highest BCUT2D eigenvalue weighted by atomic mass is 16.5. The molecule has 6 N–H and O–H groups in total. The van der Waals surface area contributed by atoms with Crippen molar-refractivity contribution in [3.05, 3.63) is 66.2 Å². The Labute approximate surface area is 384 Å². The average Bonchev–Trinajstić information content (AvgIpc) is 3.26. The maximum absolute atomic E-state index is 12.1. The number of rotatable bonds is 34. The van der Waals surface area contributed by atoms with Crippen molar-refractivity contribution in [1.29, 1.82) is 0 Å². The van der Waals surface area contributed by atoms with Gasteiger partial charge < -0.3 is 44.8 Å². The molecule has 0 aliphatic rings. The summed E-state index contributed by atoms with van der Waals surface area (Å²) in [6.07, 6.45) is 30.5. The number of hydrogen-bond donors (Lipinski definition) is 6. The third-order valence-corrected chi connectivity index (χ3v) is 10.4. The molecule has 2 aromatic rings. The van der Waals surface area contributed by atoms with Crippen LogP contribution >= 0.6 is 0 Å². The third kappa shape index (κ3) is 34.1. The maximum Gasteiger partial charge on any atom is 0.302 e. The summed E-state index contributed by atoms with van der Waals surface area (Å²) in [6, 6.07) is 10.6. The number of esters is 2. The molecular formula is C52H82O12. The fourth-order valence-electron chi connectivity index (χ4n) is 6.82.